The molecule has 1 aromatic heterocycles. The second kappa shape index (κ2) is 10.2. The third-order valence-electron chi connectivity index (χ3n) is 5.51. The molecule has 152 valence electrons. The first-order valence-electron chi connectivity index (χ1n) is 10.2. The van der Waals surface area contributed by atoms with Gasteiger partial charge in [-0.2, -0.15) is 0 Å². The highest BCUT2D eigenvalue weighted by Crippen LogP contribution is 2.40. The number of hydrogen-bond donors (Lipinski definition) is 2. The van der Waals surface area contributed by atoms with Crippen LogP contribution in [0.5, 0.6) is 0 Å². The molecule has 3 rings (SSSR count). The van der Waals surface area contributed by atoms with Gasteiger partial charge in [-0.3, -0.25) is 4.57 Å². The van der Waals surface area contributed by atoms with Gasteiger partial charge >= 0.3 is 0 Å². The van der Waals surface area contributed by atoms with Gasteiger partial charge in [-0.25, -0.2) is 4.99 Å². The van der Waals surface area contributed by atoms with E-state index in [1.165, 1.54) is 25.7 Å². The molecule has 0 saturated heterocycles. The van der Waals surface area contributed by atoms with Crippen LogP contribution in [0.4, 0.5) is 0 Å². The summed E-state index contributed by atoms with van der Waals surface area (Å²) >= 11 is 0. The lowest BCUT2D eigenvalue weighted by Crippen LogP contribution is -2.43. The van der Waals surface area contributed by atoms with Crippen LogP contribution in [0.2, 0.25) is 0 Å². The number of methoxy groups -OCH3 is 1. The van der Waals surface area contributed by atoms with Gasteiger partial charge in [0.2, 0.25) is 0 Å². The molecule has 0 unspecified atom stereocenters. The van der Waals surface area contributed by atoms with E-state index in [1.807, 2.05) is 34.9 Å². The molecular weight excluding hydrogens is 352 g/mol. The Morgan fingerprint density at radius 3 is 2.71 bits per heavy atom. The minimum Gasteiger partial charge on any atom is -0.385 e. The molecule has 7 nitrogen and oxygen atoms in total. The van der Waals surface area contributed by atoms with Gasteiger partial charge in [0.05, 0.1) is 0 Å². The van der Waals surface area contributed by atoms with Gasteiger partial charge in [-0.1, -0.05) is 31.0 Å². The number of hydrogen-bond acceptors (Lipinski definition) is 4. The Bertz CT molecular complexity index is 736. The molecule has 1 aromatic carbocycles. The number of rotatable bonds is 9. The van der Waals surface area contributed by atoms with Crippen LogP contribution >= 0.6 is 0 Å². The fourth-order valence-corrected chi connectivity index (χ4v) is 3.89. The molecule has 28 heavy (non-hydrogen) atoms. The van der Waals surface area contributed by atoms with Gasteiger partial charge in [0.25, 0.3) is 0 Å². The second-order valence-corrected chi connectivity index (χ2v) is 7.45. The van der Waals surface area contributed by atoms with Crippen LogP contribution < -0.4 is 10.6 Å². The lowest BCUT2D eigenvalue weighted by molar-refractivity contribution is 0.138. The Kier molecular flexibility index (Phi) is 7.42. The highest BCUT2D eigenvalue weighted by atomic mass is 16.5. The number of aliphatic imine (C=N–C) groups is 1. The van der Waals surface area contributed by atoms with Crippen molar-refractivity contribution < 1.29 is 4.74 Å². The summed E-state index contributed by atoms with van der Waals surface area (Å²) in [6.45, 7) is 5.11. The van der Waals surface area contributed by atoms with Crippen molar-refractivity contribution in [3.05, 3.63) is 42.5 Å². The highest BCUT2D eigenvalue weighted by molar-refractivity contribution is 5.79. The van der Waals surface area contributed by atoms with Crippen molar-refractivity contribution in [3.8, 4) is 5.69 Å². The molecule has 1 fully saturated rings. The lowest BCUT2D eigenvalue weighted by Gasteiger charge is -2.30. The van der Waals surface area contributed by atoms with E-state index in [1.54, 1.807) is 13.4 Å². The first kappa shape index (κ1) is 20.3. The molecule has 0 amide bonds. The average Bonchev–Trinajstić information content (AvgIpc) is 3.39. The monoisotopic (exact) mass is 384 g/mol. The molecule has 0 bridgehead atoms. The van der Waals surface area contributed by atoms with Crippen molar-refractivity contribution in [1.29, 1.82) is 0 Å². The van der Waals surface area contributed by atoms with E-state index in [-0.39, 0.29) is 0 Å². The zero-order valence-electron chi connectivity index (χ0n) is 17.0. The largest absolute Gasteiger partial charge is 0.385 e. The number of guanidine groups is 1. The van der Waals surface area contributed by atoms with E-state index < -0.39 is 0 Å². The van der Waals surface area contributed by atoms with Crippen LogP contribution in [0, 0.1) is 5.41 Å². The van der Waals surface area contributed by atoms with E-state index in [0.717, 1.165) is 43.6 Å². The molecule has 0 radical (unpaired) electrons. The fourth-order valence-electron chi connectivity index (χ4n) is 3.89. The molecular formula is C21H32N6O. The summed E-state index contributed by atoms with van der Waals surface area (Å²) in [5.74, 6) is 1.65. The highest BCUT2D eigenvalue weighted by Gasteiger charge is 2.33. The van der Waals surface area contributed by atoms with Gasteiger partial charge < -0.3 is 15.4 Å². The van der Waals surface area contributed by atoms with Crippen molar-refractivity contribution in [3.63, 3.8) is 0 Å². The maximum atomic E-state index is 5.34. The lowest BCUT2D eigenvalue weighted by atomic mass is 9.83. The van der Waals surface area contributed by atoms with E-state index >= 15 is 0 Å². The number of aromatic nitrogens is 3. The quantitative estimate of drug-likeness (QED) is 0.513. The summed E-state index contributed by atoms with van der Waals surface area (Å²) in [4.78, 5) is 4.75. The van der Waals surface area contributed by atoms with Crippen LogP contribution in [0.3, 0.4) is 0 Å². The van der Waals surface area contributed by atoms with E-state index in [0.29, 0.717) is 12.0 Å². The van der Waals surface area contributed by atoms with Gasteiger partial charge in [0.15, 0.2) is 11.8 Å². The van der Waals surface area contributed by atoms with Crippen LogP contribution in [0.25, 0.3) is 5.69 Å². The summed E-state index contributed by atoms with van der Waals surface area (Å²) in [6, 6.07) is 10.1. The minimum atomic E-state index is 0.316. The normalized spacial score (nSPS) is 16.3. The summed E-state index contributed by atoms with van der Waals surface area (Å²) < 4.78 is 7.32. The molecule has 7 heteroatoms. The second-order valence-electron chi connectivity index (χ2n) is 7.45. The SMILES string of the molecule is CCNC(=NCc1nncn1-c1ccccc1)NCC1(CCOC)CCCC1. The van der Waals surface area contributed by atoms with E-state index in [4.69, 9.17) is 9.73 Å². The van der Waals surface area contributed by atoms with Crippen molar-refractivity contribution in [2.75, 3.05) is 26.8 Å². The standard InChI is InChI=1S/C21H32N6O/c1-3-22-20(24-16-21(13-14-28-2)11-7-8-12-21)23-15-19-26-25-17-27(19)18-9-5-4-6-10-18/h4-6,9-10,17H,3,7-8,11-16H2,1-2H3,(H2,22,23,24). The minimum absolute atomic E-state index is 0.316. The maximum absolute atomic E-state index is 5.34. The van der Waals surface area contributed by atoms with Crippen molar-refractivity contribution in [1.82, 2.24) is 25.4 Å². The Balaban J connectivity index is 1.66. The van der Waals surface area contributed by atoms with Gasteiger partial charge in [0, 0.05) is 32.5 Å². The third kappa shape index (κ3) is 5.32. The molecule has 2 aromatic rings. The molecule has 1 aliphatic rings. The van der Waals surface area contributed by atoms with Crippen molar-refractivity contribution in [2.45, 2.75) is 45.6 Å². The van der Waals surface area contributed by atoms with Crippen LogP contribution in [-0.2, 0) is 11.3 Å². The Morgan fingerprint density at radius 1 is 1.21 bits per heavy atom. The van der Waals surface area contributed by atoms with Crippen LogP contribution in [-0.4, -0.2) is 47.5 Å². The zero-order valence-corrected chi connectivity index (χ0v) is 17.0. The van der Waals surface area contributed by atoms with Crippen LogP contribution in [0.1, 0.15) is 44.9 Å². The van der Waals surface area contributed by atoms with Crippen LogP contribution in [0.15, 0.2) is 41.7 Å². The van der Waals surface area contributed by atoms with Crippen molar-refractivity contribution >= 4 is 5.96 Å². The molecule has 0 spiro atoms. The fraction of sp³-hybridized carbons (Fsp3) is 0.571. The molecule has 1 aliphatic carbocycles. The summed E-state index contributed by atoms with van der Waals surface area (Å²) in [5, 5.41) is 15.2. The number of nitrogens with zero attached hydrogens (tertiary/aromatic N) is 4. The van der Waals surface area contributed by atoms with Gasteiger partial charge in [-0.15, -0.1) is 10.2 Å². The summed E-state index contributed by atoms with van der Waals surface area (Å²) in [5.41, 5.74) is 1.36. The topological polar surface area (TPSA) is 76.4 Å². The van der Waals surface area contributed by atoms with Gasteiger partial charge in [0.1, 0.15) is 12.9 Å². The summed E-state index contributed by atoms with van der Waals surface area (Å²) in [6.07, 6.45) is 7.95. The van der Waals surface area contributed by atoms with E-state index in [9.17, 15) is 0 Å². The van der Waals surface area contributed by atoms with Crippen molar-refractivity contribution in [2.24, 2.45) is 10.4 Å². The average molecular weight is 385 g/mol. The van der Waals surface area contributed by atoms with E-state index in [2.05, 4.69) is 27.8 Å². The molecule has 1 heterocycles. The molecule has 0 aliphatic heterocycles. The predicted octanol–water partition coefficient (Wildman–Crippen LogP) is 2.92. The smallest absolute Gasteiger partial charge is 0.191 e. The first-order valence-corrected chi connectivity index (χ1v) is 10.2. The zero-order chi connectivity index (χ0) is 19.7. The number of ether oxygens (including phenoxy) is 1. The Labute approximate surface area is 167 Å². The summed E-state index contributed by atoms with van der Waals surface area (Å²) in [7, 11) is 1.78. The number of benzene rings is 1. The maximum Gasteiger partial charge on any atom is 0.191 e. The third-order valence-corrected chi connectivity index (χ3v) is 5.51. The molecule has 0 atom stereocenters. The Hall–Kier alpha value is -2.41. The molecule has 1 saturated carbocycles. The number of nitrogens with one attached hydrogen (secondary N) is 2. The number of para-hydroxylation sites is 1. The predicted molar refractivity (Wildman–Crippen MR) is 112 cm³/mol. The Morgan fingerprint density at radius 2 is 2.00 bits per heavy atom. The first-order chi connectivity index (χ1) is 13.8. The molecule has 2 N–H and O–H groups in total. The van der Waals surface area contributed by atoms with Gasteiger partial charge in [-0.05, 0) is 43.7 Å².